The van der Waals surface area contributed by atoms with Gasteiger partial charge in [0, 0.05) is 19.6 Å². The van der Waals surface area contributed by atoms with Crippen molar-refractivity contribution in [1.29, 1.82) is 5.26 Å². The van der Waals surface area contributed by atoms with Gasteiger partial charge in [-0.3, -0.25) is 4.90 Å². The fourth-order valence-electron chi connectivity index (χ4n) is 2.57. The summed E-state index contributed by atoms with van der Waals surface area (Å²) in [7, 11) is 0. The van der Waals surface area contributed by atoms with Gasteiger partial charge in [-0.15, -0.1) is 0 Å². The van der Waals surface area contributed by atoms with Crippen LogP contribution in [0.25, 0.3) is 0 Å². The molecule has 2 atom stereocenters. The molecule has 1 fully saturated rings. The van der Waals surface area contributed by atoms with Gasteiger partial charge in [-0.25, -0.2) is 0 Å². The van der Waals surface area contributed by atoms with Gasteiger partial charge in [-0.1, -0.05) is 0 Å². The monoisotopic (exact) mass is 274 g/mol. The van der Waals surface area contributed by atoms with E-state index in [9.17, 15) is 0 Å². The standard InChI is InChI=1S/C16H22N2O2/c1-13-11-18(12-14(2)20-13)8-3-9-19-16-6-4-15(10-17)5-7-16/h4-7,13-14H,3,8-9,11-12H2,1-2H3. The minimum absolute atomic E-state index is 0.318. The van der Waals surface area contributed by atoms with Crippen molar-refractivity contribution >= 4 is 0 Å². The van der Waals surface area contributed by atoms with Gasteiger partial charge in [0.15, 0.2) is 0 Å². The number of hydrogen-bond donors (Lipinski definition) is 0. The summed E-state index contributed by atoms with van der Waals surface area (Å²) in [6.07, 6.45) is 1.63. The zero-order valence-corrected chi connectivity index (χ0v) is 12.2. The summed E-state index contributed by atoms with van der Waals surface area (Å²) in [5.41, 5.74) is 0.661. The van der Waals surface area contributed by atoms with Crippen LogP contribution in [-0.2, 0) is 4.74 Å². The Hall–Kier alpha value is -1.57. The maximum Gasteiger partial charge on any atom is 0.119 e. The quantitative estimate of drug-likeness (QED) is 0.774. The van der Waals surface area contributed by atoms with Gasteiger partial charge in [0.05, 0.1) is 30.4 Å². The van der Waals surface area contributed by atoms with E-state index >= 15 is 0 Å². The highest BCUT2D eigenvalue weighted by Crippen LogP contribution is 2.13. The molecular formula is C16H22N2O2. The fraction of sp³-hybridized carbons (Fsp3) is 0.562. The number of benzene rings is 1. The van der Waals surface area contributed by atoms with Crippen molar-refractivity contribution in [3.8, 4) is 11.8 Å². The predicted molar refractivity (Wildman–Crippen MR) is 77.7 cm³/mol. The number of nitriles is 1. The van der Waals surface area contributed by atoms with Gasteiger partial charge >= 0.3 is 0 Å². The molecule has 4 heteroatoms. The highest BCUT2D eigenvalue weighted by atomic mass is 16.5. The Bertz CT molecular complexity index is 443. The van der Waals surface area contributed by atoms with Crippen LogP contribution in [0.4, 0.5) is 0 Å². The lowest BCUT2D eigenvalue weighted by atomic mass is 10.2. The summed E-state index contributed by atoms with van der Waals surface area (Å²) in [6.45, 7) is 7.98. The van der Waals surface area contributed by atoms with Gasteiger partial charge < -0.3 is 9.47 Å². The summed E-state index contributed by atoms with van der Waals surface area (Å²) in [5.74, 6) is 0.827. The van der Waals surface area contributed by atoms with Crippen LogP contribution in [0.3, 0.4) is 0 Å². The fourth-order valence-corrected chi connectivity index (χ4v) is 2.57. The van der Waals surface area contributed by atoms with Gasteiger partial charge in [-0.05, 0) is 44.5 Å². The van der Waals surface area contributed by atoms with E-state index in [1.165, 1.54) is 0 Å². The van der Waals surface area contributed by atoms with Crippen molar-refractivity contribution in [1.82, 2.24) is 4.90 Å². The average Bonchev–Trinajstić information content (AvgIpc) is 2.43. The van der Waals surface area contributed by atoms with Crippen LogP contribution >= 0.6 is 0 Å². The summed E-state index contributed by atoms with van der Waals surface area (Å²) < 4.78 is 11.4. The molecule has 20 heavy (non-hydrogen) atoms. The van der Waals surface area contributed by atoms with Crippen LogP contribution < -0.4 is 4.74 Å². The topological polar surface area (TPSA) is 45.5 Å². The van der Waals surface area contributed by atoms with Crippen molar-refractivity contribution in [3.05, 3.63) is 29.8 Å². The number of morpholine rings is 1. The smallest absolute Gasteiger partial charge is 0.119 e. The second-order valence-electron chi connectivity index (χ2n) is 5.36. The van der Waals surface area contributed by atoms with Crippen LogP contribution in [0.5, 0.6) is 5.75 Å². The Kier molecular flexibility index (Phi) is 5.40. The third kappa shape index (κ3) is 4.52. The lowest BCUT2D eigenvalue weighted by molar-refractivity contribution is -0.0686. The second kappa shape index (κ2) is 7.28. The van der Waals surface area contributed by atoms with Gasteiger partial charge in [0.25, 0.3) is 0 Å². The molecule has 0 aliphatic carbocycles. The third-order valence-electron chi connectivity index (χ3n) is 3.37. The van der Waals surface area contributed by atoms with Gasteiger partial charge in [0.1, 0.15) is 5.75 Å². The molecule has 1 aromatic rings. The van der Waals surface area contributed by atoms with E-state index in [-0.39, 0.29) is 0 Å². The Balaban J connectivity index is 1.67. The molecule has 1 aromatic carbocycles. The summed E-state index contributed by atoms with van der Waals surface area (Å²) in [5, 5.41) is 8.72. The molecule has 0 aromatic heterocycles. The van der Waals surface area contributed by atoms with E-state index < -0.39 is 0 Å². The molecule has 1 aliphatic heterocycles. The summed E-state index contributed by atoms with van der Waals surface area (Å²) >= 11 is 0. The van der Waals surface area contributed by atoms with E-state index in [2.05, 4.69) is 24.8 Å². The summed E-state index contributed by atoms with van der Waals surface area (Å²) in [4.78, 5) is 2.43. The van der Waals surface area contributed by atoms with E-state index in [0.29, 0.717) is 24.4 Å². The molecule has 0 bridgehead atoms. The molecule has 0 saturated carbocycles. The summed E-state index contributed by atoms with van der Waals surface area (Å²) in [6, 6.07) is 9.34. The van der Waals surface area contributed by atoms with Crippen LogP contribution in [-0.4, -0.2) is 43.3 Å². The van der Waals surface area contributed by atoms with E-state index in [4.69, 9.17) is 14.7 Å². The third-order valence-corrected chi connectivity index (χ3v) is 3.37. The molecule has 1 saturated heterocycles. The van der Waals surface area contributed by atoms with Crippen molar-refractivity contribution < 1.29 is 9.47 Å². The zero-order chi connectivity index (χ0) is 14.4. The SMILES string of the molecule is CC1CN(CCCOc2ccc(C#N)cc2)CC(C)O1. The Morgan fingerprint density at radius 3 is 2.50 bits per heavy atom. The van der Waals surface area contributed by atoms with Crippen LogP contribution in [0, 0.1) is 11.3 Å². The molecular weight excluding hydrogens is 252 g/mol. The molecule has 4 nitrogen and oxygen atoms in total. The zero-order valence-electron chi connectivity index (χ0n) is 12.2. The van der Waals surface area contributed by atoms with Crippen molar-refractivity contribution in [2.24, 2.45) is 0 Å². The molecule has 0 N–H and O–H groups in total. The lowest BCUT2D eigenvalue weighted by Crippen LogP contribution is -2.45. The van der Waals surface area contributed by atoms with Gasteiger partial charge in [0.2, 0.25) is 0 Å². The van der Waals surface area contributed by atoms with E-state index in [0.717, 1.165) is 31.8 Å². The molecule has 108 valence electrons. The Morgan fingerprint density at radius 2 is 1.90 bits per heavy atom. The number of ether oxygens (including phenoxy) is 2. The minimum atomic E-state index is 0.318. The minimum Gasteiger partial charge on any atom is -0.494 e. The average molecular weight is 274 g/mol. The number of rotatable bonds is 5. The van der Waals surface area contributed by atoms with Crippen molar-refractivity contribution in [2.75, 3.05) is 26.2 Å². The first-order chi connectivity index (χ1) is 9.67. The number of hydrogen-bond acceptors (Lipinski definition) is 4. The highest BCUT2D eigenvalue weighted by Gasteiger charge is 2.21. The normalized spacial score (nSPS) is 23.2. The number of nitrogens with zero attached hydrogens (tertiary/aromatic N) is 2. The van der Waals surface area contributed by atoms with Gasteiger partial charge in [-0.2, -0.15) is 5.26 Å². The van der Waals surface area contributed by atoms with E-state index in [1.807, 2.05) is 12.1 Å². The molecule has 1 aliphatic rings. The van der Waals surface area contributed by atoms with Crippen molar-refractivity contribution in [2.45, 2.75) is 32.5 Å². The molecule has 2 unspecified atom stereocenters. The molecule has 0 amide bonds. The molecule has 1 heterocycles. The van der Waals surface area contributed by atoms with Crippen LogP contribution in [0.15, 0.2) is 24.3 Å². The Labute approximate surface area is 120 Å². The second-order valence-corrected chi connectivity index (χ2v) is 5.36. The van der Waals surface area contributed by atoms with E-state index in [1.54, 1.807) is 12.1 Å². The molecule has 2 rings (SSSR count). The lowest BCUT2D eigenvalue weighted by Gasteiger charge is -2.35. The maximum absolute atomic E-state index is 8.72. The maximum atomic E-state index is 8.72. The first-order valence-electron chi connectivity index (χ1n) is 7.18. The molecule has 0 spiro atoms. The molecule has 0 radical (unpaired) electrons. The predicted octanol–water partition coefficient (Wildman–Crippen LogP) is 2.44. The van der Waals surface area contributed by atoms with Crippen LogP contribution in [0.2, 0.25) is 0 Å². The first-order valence-corrected chi connectivity index (χ1v) is 7.18. The van der Waals surface area contributed by atoms with Crippen LogP contribution in [0.1, 0.15) is 25.8 Å². The van der Waals surface area contributed by atoms with Crippen molar-refractivity contribution in [3.63, 3.8) is 0 Å². The Morgan fingerprint density at radius 1 is 1.25 bits per heavy atom. The highest BCUT2D eigenvalue weighted by molar-refractivity contribution is 5.34. The first kappa shape index (κ1) is 14.8. The largest absolute Gasteiger partial charge is 0.494 e.